The van der Waals surface area contributed by atoms with Crippen LogP contribution in [0, 0.1) is 28.4 Å². The van der Waals surface area contributed by atoms with Crippen molar-refractivity contribution in [1.82, 2.24) is 9.66 Å². The van der Waals surface area contributed by atoms with Gasteiger partial charge in [0.15, 0.2) is 0 Å². The monoisotopic (exact) mass is 270 g/mol. The lowest BCUT2D eigenvalue weighted by Crippen LogP contribution is -1.98. The Kier molecular flexibility index (Phi) is 3.43. The van der Waals surface area contributed by atoms with Crippen LogP contribution in [0.1, 0.15) is 16.8 Å². The quantitative estimate of drug-likeness (QED) is 0.513. The fraction of sp³-hybridized carbons (Fsp3) is 0.0833. The summed E-state index contributed by atoms with van der Waals surface area (Å²) in [6, 6.07) is 5.94. The highest BCUT2D eigenvalue weighted by Gasteiger charge is 2.13. The Balaban J connectivity index is 2.33. The molecule has 20 heavy (non-hydrogen) atoms. The molecule has 1 aromatic heterocycles. The number of nitriles is 1. The highest BCUT2D eigenvalue weighted by molar-refractivity contribution is 5.81. The third kappa shape index (κ3) is 2.62. The molecule has 0 aliphatic rings. The number of nitro groups is 1. The maximum atomic E-state index is 10.7. The molecular formula is C12H10N6O2. The van der Waals surface area contributed by atoms with Crippen LogP contribution in [0.3, 0.4) is 0 Å². The summed E-state index contributed by atoms with van der Waals surface area (Å²) in [4.78, 5) is 14.1. The first kappa shape index (κ1) is 13.2. The molecule has 8 heteroatoms. The van der Waals surface area contributed by atoms with E-state index in [1.165, 1.54) is 29.1 Å². The van der Waals surface area contributed by atoms with Gasteiger partial charge in [-0.1, -0.05) is 0 Å². The third-order valence-corrected chi connectivity index (χ3v) is 2.50. The Bertz CT molecular complexity index is 741. The van der Waals surface area contributed by atoms with Crippen LogP contribution >= 0.6 is 0 Å². The van der Waals surface area contributed by atoms with Gasteiger partial charge in [-0.2, -0.15) is 10.4 Å². The van der Waals surface area contributed by atoms with E-state index in [0.29, 0.717) is 5.56 Å². The molecule has 0 amide bonds. The largest absolute Gasteiger partial charge is 0.368 e. The van der Waals surface area contributed by atoms with E-state index in [1.807, 2.05) is 0 Å². The van der Waals surface area contributed by atoms with Gasteiger partial charge in [-0.15, -0.1) is 0 Å². The Morgan fingerprint density at radius 3 is 2.90 bits per heavy atom. The number of nitro benzene ring substituents is 1. The molecule has 1 aromatic carbocycles. The molecule has 0 saturated heterocycles. The van der Waals surface area contributed by atoms with Crippen molar-refractivity contribution in [3.8, 4) is 6.07 Å². The van der Waals surface area contributed by atoms with Crippen molar-refractivity contribution in [1.29, 1.82) is 5.26 Å². The Hall–Kier alpha value is -3.21. The normalized spacial score (nSPS) is 10.6. The van der Waals surface area contributed by atoms with Gasteiger partial charge < -0.3 is 5.73 Å². The van der Waals surface area contributed by atoms with Gasteiger partial charge in [-0.05, 0) is 24.6 Å². The second-order valence-corrected chi connectivity index (χ2v) is 3.98. The number of anilines is 1. The molecule has 1 heterocycles. The molecule has 0 bridgehead atoms. The third-order valence-electron chi connectivity index (χ3n) is 2.50. The molecule has 2 N–H and O–H groups in total. The van der Waals surface area contributed by atoms with Crippen molar-refractivity contribution in [3.05, 3.63) is 51.3 Å². The summed E-state index contributed by atoms with van der Waals surface area (Å²) in [6.07, 6.45) is 3.09. The van der Waals surface area contributed by atoms with E-state index in [9.17, 15) is 10.1 Å². The lowest BCUT2D eigenvalue weighted by atomic mass is 10.1. The molecule has 0 saturated carbocycles. The van der Waals surface area contributed by atoms with Crippen molar-refractivity contribution in [2.75, 3.05) is 5.73 Å². The smallest absolute Gasteiger partial charge is 0.287 e. The van der Waals surface area contributed by atoms with Crippen LogP contribution < -0.4 is 5.73 Å². The van der Waals surface area contributed by atoms with Gasteiger partial charge in [0.25, 0.3) is 5.69 Å². The summed E-state index contributed by atoms with van der Waals surface area (Å²) < 4.78 is 1.38. The number of aromatic nitrogens is 2. The number of hydrogen-bond acceptors (Lipinski definition) is 6. The van der Waals surface area contributed by atoms with Gasteiger partial charge in [0.1, 0.15) is 11.6 Å². The summed E-state index contributed by atoms with van der Waals surface area (Å²) in [5.41, 5.74) is 6.65. The molecule has 0 aliphatic heterocycles. The molecule has 100 valence electrons. The average molecular weight is 270 g/mol. The van der Waals surface area contributed by atoms with Crippen LogP contribution in [0.15, 0.2) is 29.5 Å². The van der Waals surface area contributed by atoms with E-state index >= 15 is 0 Å². The number of rotatable bonds is 3. The molecule has 0 atom stereocenters. The van der Waals surface area contributed by atoms with Gasteiger partial charge in [-0.25, -0.2) is 9.66 Å². The Morgan fingerprint density at radius 1 is 1.60 bits per heavy atom. The highest BCUT2D eigenvalue weighted by Crippen LogP contribution is 2.18. The SMILES string of the molecule is Cc1cn(N=Cc2ccc([N+](=O)[O-])c(C#N)c2)c(N)n1. The molecule has 8 nitrogen and oxygen atoms in total. The number of nitrogen functional groups attached to an aromatic ring is 1. The summed E-state index contributed by atoms with van der Waals surface area (Å²) in [6.45, 7) is 1.78. The van der Waals surface area contributed by atoms with E-state index in [1.54, 1.807) is 19.2 Å². The first-order valence-corrected chi connectivity index (χ1v) is 5.55. The molecular weight excluding hydrogens is 260 g/mol. The minimum absolute atomic E-state index is 0.0197. The van der Waals surface area contributed by atoms with Crippen LogP contribution in [0.25, 0.3) is 0 Å². The summed E-state index contributed by atoms with van der Waals surface area (Å²) in [5, 5.41) is 23.7. The number of hydrogen-bond donors (Lipinski definition) is 1. The molecule has 0 fully saturated rings. The first-order valence-electron chi connectivity index (χ1n) is 5.55. The van der Waals surface area contributed by atoms with E-state index in [-0.39, 0.29) is 17.2 Å². The van der Waals surface area contributed by atoms with Crippen molar-refractivity contribution < 1.29 is 4.92 Å². The zero-order valence-electron chi connectivity index (χ0n) is 10.5. The minimum Gasteiger partial charge on any atom is -0.368 e. The van der Waals surface area contributed by atoms with E-state index in [0.717, 1.165) is 5.69 Å². The zero-order valence-corrected chi connectivity index (χ0v) is 10.5. The van der Waals surface area contributed by atoms with Crippen LogP contribution in [-0.4, -0.2) is 20.8 Å². The van der Waals surface area contributed by atoms with Crippen LogP contribution in [-0.2, 0) is 0 Å². The molecule has 0 spiro atoms. The fourth-order valence-electron chi connectivity index (χ4n) is 1.61. The van der Waals surface area contributed by atoms with Gasteiger partial charge in [0.2, 0.25) is 5.95 Å². The predicted octanol–water partition coefficient (Wildman–Crippen LogP) is 1.44. The van der Waals surface area contributed by atoms with Gasteiger partial charge >= 0.3 is 0 Å². The second kappa shape index (κ2) is 5.19. The number of benzene rings is 1. The van der Waals surface area contributed by atoms with Crippen LogP contribution in [0.2, 0.25) is 0 Å². The molecule has 2 aromatic rings. The predicted molar refractivity (Wildman–Crippen MR) is 72.2 cm³/mol. The zero-order chi connectivity index (χ0) is 14.7. The first-order chi connectivity index (χ1) is 9.51. The topological polar surface area (TPSA) is 123 Å². The van der Waals surface area contributed by atoms with Crippen LogP contribution in [0.4, 0.5) is 11.6 Å². The van der Waals surface area contributed by atoms with Crippen molar-refractivity contribution in [2.45, 2.75) is 6.92 Å². The summed E-state index contributed by atoms with van der Waals surface area (Å²) in [5.74, 6) is 0.237. The molecule has 0 aliphatic carbocycles. The van der Waals surface area contributed by atoms with E-state index < -0.39 is 4.92 Å². The van der Waals surface area contributed by atoms with Gasteiger partial charge in [0, 0.05) is 6.07 Å². The average Bonchev–Trinajstić information content (AvgIpc) is 2.74. The van der Waals surface area contributed by atoms with Crippen LogP contribution in [0.5, 0.6) is 0 Å². The summed E-state index contributed by atoms with van der Waals surface area (Å²) in [7, 11) is 0. The number of imidazole rings is 1. The van der Waals surface area contributed by atoms with E-state index in [4.69, 9.17) is 11.0 Å². The molecule has 2 rings (SSSR count). The lowest BCUT2D eigenvalue weighted by Gasteiger charge is -1.98. The lowest BCUT2D eigenvalue weighted by molar-refractivity contribution is -0.385. The minimum atomic E-state index is -0.601. The highest BCUT2D eigenvalue weighted by atomic mass is 16.6. The fourth-order valence-corrected chi connectivity index (χ4v) is 1.61. The van der Waals surface area contributed by atoms with Gasteiger partial charge in [-0.3, -0.25) is 10.1 Å². The van der Waals surface area contributed by atoms with Crippen molar-refractivity contribution in [3.63, 3.8) is 0 Å². The summed E-state index contributed by atoms with van der Waals surface area (Å²) >= 11 is 0. The Morgan fingerprint density at radius 2 is 2.35 bits per heavy atom. The standard InChI is InChI=1S/C12H10N6O2/c1-8-7-17(12(14)16-8)15-6-9-2-3-11(18(19)20)10(4-9)5-13/h2-4,6-7H,1H3,(H2,14,16). The van der Waals surface area contributed by atoms with Crippen molar-refractivity contribution in [2.24, 2.45) is 5.10 Å². The molecule has 0 unspecified atom stereocenters. The number of aryl methyl sites for hydroxylation is 1. The molecule has 0 radical (unpaired) electrons. The maximum absolute atomic E-state index is 10.7. The Labute approximate surface area is 113 Å². The maximum Gasteiger partial charge on any atom is 0.287 e. The number of nitrogens with two attached hydrogens (primary N) is 1. The second-order valence-electron chi connectivity index (χ2n) is 3.98. The van der Waals surface area contributed by atoms with Crippen molar-refractivity contribution >= 4 is 17.9 Å². The number of nitrogens with zero attached hydrogens (tertiary/aromatic N) is 5. The van der Waals surface area contributed by atoms with Gasteiger partial charge in [0.05, 0.1) is 23.0 Å². The van der Waals surface area contributed by atoms with E-state index in [2.05, 4.69) is 10.1 Å².